The lowest BCUT2D eigenvalue weighted by molar-refractivity contribution is -0.141. The number of nitrogens with two attached hydrogens (primary N) is 2. The summed E-state index contributed by atoms with van der Waals surface area (Å²) in [5.41, 5.74) is 14.6. The normalized spacial score (nSPS) is 22.2. The molecule has 2 aromatic rings. The first-order chi connectivity index (χ1) is 13.7. The molecular weight excluding hydrogens is 411 g/mol. The quantitative estimate of drug-likeness (QED) is 0.763. The van der Waals surface area contributed by atoms with E-state index in [2.05, 4.69) is 4.99 Å². The summed E-state index contributed by atoms with van der Waals surface area (Å²) in [6.45, 7) is 4.38. The van der Waals surface area contributed by atoms with Crippen molar-refractivity contribution >= 4 is 24.1 Å². The lowest BCUT2D eigenvalue weighted by Crippen LogP contribution is -2.42. The summed E-state index contributed by atoms with van der Waals surface area (Å²) in [5, 5.41) is 0. The predicted molar refractivity (Wildman–Crippen MR) is 115 cm³/mol. The van der Waals surface area contributed by atoms with Crippen LogP contribution in [0.4, 0.5) is 10.1 Å². The Labute approximate surface area is 181 Å². The van der Waals surface area contributed by atoms with Gasteiger partial charge in [0.25, 0.3) is 0 Å². The van der Waals surface area contributed by atoms with E-state index in [-0.39, 0.29) is 30.9 Å². The first-order valence-electron chi connectivity index (χ1n) is 9.45. The number of hydrogen-bond acceptors (Lipinski definition) is 7. The van der Waals surface area contributed by atoms with Gasteiger partial charge >= 0.3 is 0 Å². The Kier molecular flexibility index (Phi) is 6.24. The summed E-state index contributed by atoms with van der Waals surface area (Å²) < 4.78 is 32.0. The van der Waals surface area contributed by atoms with Crippen LogP contribution in [0.25, 0.3) is 11.1 Å². The highest BCUT2D eigenvalue weighted by Gasteiger charge is 2.33. The summed E-state index contributed by atoms with van der Waals surface area (Å²) in [4.78, 5) is 6.07. The number of halogens is 2. The Bertz CT molecular complexity index is 969. The Balaban J connectivity index is 0.00000256. The average Bonchev–Trinajstić information content (AvgIpc) is 3.03. The number of ether oxygens (including phenoxy) is 3. The van der Waals surface area contributed by atoms with Gasteiger partial charge < -0.3 is 30.6 Å². The van der Waals surface area contributed by atoms with E-state index in [1.54, 1.807) is 30.1 Å². The zero-order chi connectivity index (χ0) is 20.8. The van der Waals surface area contributed by atoms with Gasteiger partial charge in [-0.3, -0.25) is 0 Å². The molecule has 9 heteroatoms. The molecule has 1 fully saturated rings. The lowest BCUT2D eigenvalue weighted by atomic mass is 9.99. The maximum atomic E-state index is 14.8. The molecule has 4 rings (SSSR count). The molecule has 0 spiro atoms. The van der Waals surface area contributed by atoms with E-state index < -0.39 is 12.0 Å². The highest BCUT2D eigenvalue weighted by Crippen LogP contribution is 2.38. The molecule has 30 heavy (non-hydrogen) atoms. The fraction of sp³-hybridized carbons (Fsp3) is 0.381. The molecule has 2 heterocycles. The standard InChI is InChI=1S/C21H25FN4O3.ClH/c1-21(2)28-11-13(29-21)10-27-17-6-4-5-15(22)18(17)12-7-8-14-16(9-12)25-20(24)26(3)19(14)23;/h4-9,13,19H,10-11,23H2,1-3H3,(H2,24,25);1H. The van der Waals surface area contributed by atoms with Gasteiger partial charge in [0.2, 0.25) is 0 Å². The maximum Gasteiger partial charge on any atom is 0.197 e. The number of rotatable bonds is 4. The Morgan fingerprint density at radius 1 is 1.30 bits per heavy atom. The molecule has 2 aromatic carbocycles. The molecule has 2 unspecified atom stereocenters. The monoisotopic (exact) mass is 436 g/mol. The zero-order valence-corrected chi connectivity index (χ0v) is 17.9. The molecule has 7 nitrogen and oxygen atoms in total. The van der Waals surface area contributed by atoms with Gasteiger partial charge in [-0.2, -0.15) is 0 Å². The molecular formula is C21H26ClFN4O3. The molecule has 0 amide bonds. The summed E-state index contributed by atoms with van der Waals surface area (Å²) in [6, 6.07) is 10.2. The van der Waals surface area contributed by atoms with Gasteiger partial charge in [0.15, 0.2) is 11.7 Å². The number of nitrogens with zero attached hydrogens (tertiary/aromatic N) is 2. The molecule has 0 bridgehead atoms. The van der Waals surface area contributed by atoms with Gasteiger partial charge in [-0.1, -0.05) is 18.2 Å². The van der Waals surface area contributed by atoms with Gasteiger partial charge in [-0.25, -0.2) is 9.38 Å². The van der Waals surface area contributed by atoms with Crippen LogP contribution >= 0.6 is 12.4 Å². The highest BCUT2D eigenvalue weighted by molar-refractivity contribution is 5.86. The Morgan fingerprint density at radius 2 is 2.07 bits per heavy atom. The van der Waals surface area contributed by atoms with Crippen LogP contribution in [0.1, 0.15) is 25.6 Å². The third kappa shape index (κ3) is 4.22. The molecule has 2 aliphatic rings. The fourth-order valence-electron chi connectivity index (χ4n) is 3.53. The fourth-order valence-corrected chi connectivity index (χ4v) is 3.53. The van der Waals surface area contributed by atoms with Crippen molar-refractivity contribution in [3.8, 4) is 16.9 Å². The second kappa shape index (κ2) is 8.39. The first-order valence-corrected chi connectivity index (χ1v) is 9.45. The van der Waals surface area contributed by atoms with E-state index >= 15 is 0 Å². The third-order valence-corrected chi connectivity index (χ3v) is 5.12. The van der Waals surface area contributed by atoms with Gasteiger partial charge in [0, 0.05) is 12.6 Å². The van der Waals surface area contributed by atoms with Crippen LogP contribution in [0.15, 0.2) is 41.4 Å². The first kappa shape index (κ1) is 22.3. The van der Waals surface area contributed by atoms with Gasteiger partial charge in [0.1, 0.15) is 30.4 Å². The van der Waals surface area contributed by atoms with Crippen molar-refractivity contribution in [3.63, 3.8) is 0 Å². The van der Waals surface area contributed by atoms with E-state index in [0.29, 0.717) is 35.1 Å². The number of aliphatic imine (C=N–C) groups is 1. The number of benzene rings is 2. The van der Waals surface area contributed by atoms with Crippen molar-refractivity contribution in [2.75, 3.05) is 20.3 Å². The molecule has 4 N–H and O–H groups in total. The second-order valence-corrected chi connectivity index (χ2v) is 7.67. The third-order valence-electron chi connectivity index (χ3n) is 5.12. The minimum atomic E-state index is -0.638. The summed E-state index contributed by atoms with van der Waals surface area (Å²) in [6.07, 6.45) is -0.627. The van der Waals surface area contributed by atoms with E-state index in [9.17, 15) is 4.39 Å². The molecule has 0 saturated carbocycles. The van der Waals surface area contributed by atoms with Crippen LogP contribution in [0.2, 0.25) is 0 Å². The van der Waals surface area contributed by atoms with Crippen molar-refractivity contribution < 1.29 is 18.6 Å². The highest BCUT2D eigenvalue weighted by atomic mass is 35.5. The van der Waals surface area contributed by atoms with Crippen LogP contribution in [0.3, 0.4) is 0 Å². The molecule has 162 valence electrons. The van der Waals surface area contributed by atoms with Crippen molar-refractivity contribution in [1.82, 2.24) is 4.90 Å². The van der Waals surface area contributed by atoms with Gasteiger partial charge in [0.05, 0.1) is 17.9 Å². The van der Waals surface area contributed by atoms with Crippen molar-refractivity contribution in [2.24, 2.45) is 16.5 Å². The smallest absolute Gasteiger partial charge is 0.197 e. The zero-order valence-electron chi connectivity index (χ0n) is 17.1. The minimum absolute atomic E-state index is 0. The molecule has 2 atom stereocenters. The minimum Gasteiger partial charge on any atom is -0.490 e. The van der Waals surface area contributed by atoms with Crippen LogP contribution in [0, 0.1) is 5.82 Å². The van der Waals surface area contributed by atoms with Crippen LogP contribution < -0.4 is 16.2 Å². The van der Waals surface area contributed by atoms with E-state index in [1.165, 1.54) is 6.07 Å². The molecule has 0 aliphatic carbocycles. The summed E-state index contributed by atoms with van der Waals surface area (Å²) >= 11 is 0. The number of guanidine groups is 1. The summed E-state index contributed by atoms with van der Waals surface area (Å²) in [5.74, 6) is -0.289. The van der Waals surface area contributed by atoms with Crippen molar-refractivity contribution in [3.05, 3.63) is 47.8 Å². The van der Waals surface area contributed by atoms with Crippen molar-refractivity contribution in [2.45, 2.75) is 31.9 Å². The largest absolute Gasteiger partial charge is 0.490 e. The second-order valence-electron chi connectivity index (χ2n) is 7.67. The van der Waals surface area contributed by atoms with Crippen LogP contribution in [-0.2, 0) is 9.47 Å². The van der Waals surface area contributed by atoms with E-state index in [1.807, 2.05) is 26.0 Å². The summed E-state index contributed by atoms with van der Waals surface area (Å²) in [7, 11) is 1.78. The predicted octanol–water partition coefficient (Wildman–Crippen LogP) is 3.29. The average molecular weight is 437 g/mol. The Morgan fingerprint density at radius 3 is 2.77 bits per heavy atom. The number of hydrogen-bond donors (Lipinski definition) is 2. The van der Waals surface area contributed by atoms with Crippen LogP contribution in [-0.4, -0.2) is 43.0 Å². The SMILES string of the molecule is CN1C(N)=Nc2cc(-c3c(F)cccc3OCC3COC(C)(C)O3)ccc2C1N.Cl. The molecule has 2 aliphatic heterocycles. The maximum absolute atomic E-state index is 14.8. The number of fused-ring (bicyclic) bond motifs is 1. The van der Waals surface area contributed by atoms with Gasteiger partial charge in [-0.15, -0.1) is 12.4 Å². The van der Waals surface area contributed by atoms with Gasteiger partial charge in [-0.05, 0) is 37.6 Å². The van der Waals surface area contributed by atoms with E-state index in [4.69, 9.17) is 25.7 Å². The molecule has 1 saturated heterocycles. The van der Waals surface area contributed by atoms with Crippen LogP contribution in [0.5, 0.6) is 5.75 Å². The molecule has 0 aromatic heterocycles. The molecule has 0 radical (unpaired) electrons. The topological polar surface area (TPSA) is 95.3 Å². The van der Waals surface area contributed by atoms with E-state index in [0.717, 1.165) is 5.56 Å². The Hall–Kier alpha value is -2.39. The van der Waals surface area contributed by atoms with Crippen molar-refractivity contribution in [1.29, 1.82) is 0 Å². The lowest BCUT2D eigenvalue weighted by Gasteiger charge is -2.31.